The van der Waals surface area contributed by atoms with Gasteiger partial charge in [-0.25, -0.2) is 9.78 Å². The first-order chi connectivity index (χ1) is 8.78. The number of alkyl halides is 3. The Balaban J connectivity index is 2.32. The third kappa shape index (κ3) is 3.50. The molecule has 0 aromatic carbocycles. The molecule has 4 nitrogen and oxygen atoms in total. The lowest BCUT2D eigenvalue weighted by molar-refractivity contribution is -0.120. The SMILES string of the molecule is O=C(O)c1cc(N(CC(F)(F)F)C2CC2)ncc1Cl. The van der Waals surface area contributed by atoms with Crippen molar-refractivity contribution in [1.29, 1.82) is 0 Å². The zero-order valence-corrected chi connectivity index (χ0v) is 10.4. The molecule has 1 saturated carbocycles. The number of anilines is 1. The van der Waals surface area contributed by atoms with Crippen LogP contribution in [0.2, 0.25) is 5.02 Å². The zero-order chi connectivity index (χ0) is 14.2. The first kappa shape index (κ1) is 13.9. The molecule has 1 fully saturated rings. The molecule has 0 amide bonds. The van der Waals surface area contributed by atoms with Gasteiger partial charge in [-0.15, -0.1) is 0 Å². The van der Waals surface area contributed by atoms with Gasteiger partial charge in [-0.3, -0.25) is 0 Å². The maximum Gasteiger partial charge on any atom is 0.405 e. The van der Waals surface area contributed by atoms with E-state index >= 15 is 0 Å². The molecule has 0 spiro atoms. The number of nitrogens with zero attached hydrogens (tertiary/aromatic N) is 2. The summed E-state index contributed by atoms with van der Waals surface area (Å²) in [4.78, 5) is 15.8. The second-order valence-electron chi connectivity index (χ2n) is 4.30. The summed E-state index contributed by atoms with van der Waals surface area (Å²) < 4.78 is 37.5. The molecule has 8 heteroatoms. The molecule has 0 aliphatic heterocycles. The standard InChI is InChI=1S/C11H10ClF3N2O2/c12-8-4-16-9(3-7(8)10(18)19)17(6-1-2-6)5-11(13,14)15/h3-4,6H,1-2,5H2,(H,18,19). The van der Waals surface area contributed by atoms with Crippen molar-refractivity contribution in [3.63, 3.8) is 0 Å². The van der Waals surface area contributed by atoms with E-state index in [1.54, 1.807) is 0 Å². The third-order valence-corrected chi connectivity index (χ3v) is 3.00. The van der Waals surface area contributed by atoms with Gasteiger partial charge >= 0.3 is 12.1 Å². The molecule has 0 atom stereocenters. The van der Waals surface area contributed by atoms with E-state index in [4.69, 9.17) is 16.7 Å². The summed E-state index contributed by atoms with van der Waals surface area (Å²) in [6, 6.07) is 0.839. The number of rotatable bonds is 4. The number of aromatic carboxylic acids is 1. The highest BCUT2D eigenvalue weighted by molar-refractivity contribution is 6.33. The van der Waals surface area contributed by atoms with Crippen molar-refractivity contribution in [1.82, 2.24) is 4.98 Å². The van der Waals surface area contributed by atoms with Crippen molar-refractivity contribution in [2.24, 2.45) is 0 Å². The van der Waals surface area contributed by atoms with Crippen molar-refractivity contribution in [3.05, 3.63) is 22.8 Å². The fourth-order valence-corrected chi connectivity index (χ4v) is 1.91. The summed E-state index contributed by atoms with van der Waals surface area (Å²) >= 11 is 5.64. The Kier molecular flexibility index (Phi) is 3.58. The summed E-state index contributed by atoms with van der Waals surface area (Å²) in [7, 11) is 0. The number of hydrogen-bond donors (Lipinski definition) is 1. The van der Waals surface area contributed by atoms with E-state index in [2.05, 4.69) is 4.98 Å². The van der Waals surface area contributed by atoms with Crippen LogP contribution in [0.15, 0.2) is 12.3 Å². The van der Waals surface area contributed by atoms with Crippen LogP contribution in [-0.4, -0.2) is 34.8 Å². The molecule has 0 radical (unpaired) electrons. The van der Waals surface area contributed by atoms with E-state index in [1.807, 2.05) is 0 Å². The van der Waals surface area contributed by atoms with Gasteiger partial charge in [0.2, 0.25) is 0 Å². The van der Waals surface area contributed by atoms with E-state index in [1.165, 1.54) is 0 Å². The number of pyridine rings is 1. The summed E-state index contributed by atoms with van der Waals surface area (Å²) in [5.74, 6) is -1.31. The average Bonchev–Trinajstić information content (AvgIpc) is 3.09. The van der Waals surface area contributed by atoms with Gasteiger partial charge in [0, 0.05) is 12.2 Å². The largest absolute Gasteiger partial charge is 0.478 e. The van der Waals surface area contributed by atoms with E-state index in [-0.39, 0.29) is 22.4 Å². The average molecular weight is 295 g/mol. The van der Waals surface area contributed by atoms with Crippen LogP contribution < -0.4 is 4.90 Å². The molecule has 0 unspecified atom stereocenters. The van der Waals surface area contributed by atoms with Crippen LogP contribution in [-0.2, 0) is 0 Å². The molecular formula is C11H10ClF3N2O2. The fraction of sp³-hybridized carbons (Fsp3) is 0.455. The third-order valence-electron chi connectivity index (χ3n) is 2.70. The normalized spacial score (nSPS) is 15.4. The van der Waals surface area contributed by atoms with Gasteiger partial charge in [0.05, 0.1) is 10.6 Å². The number of carboxylic acid groups (broad SMARTS) is 1. The maximum atomic E-state index is 12.5. The Labute approximate surface area is 111 Å². The minimum absolute atomic E-state index is 0.0124. The lowest BCUT2D eigenvalue weighted by Crippen LogP contribution is -2.36. The first-order valence-corrected chi connectivity index (χ1v) is 5.88. The molecular weight excluding hydrogens is 285 g/mol. The number of carbonyl (C=O) groups is 1. The summed E-state index contributed by atoms with van der Waals surface area (Å²) in [5, 5.41) is 8.81. The Morgan fingerprint density at radius 2 is 2.16 bits per heavy atom. The van der Waals surface area contributed by atoms with Crippen LogP contribution in [0.5, 0.6) is 0 Å². The van der Waals surface area contributed by atoms with Crippen LogP contribution in [0.25, 0.3) is 0 Å². The second-order valence-corrected chi connectivity index (χ2v) is 4.71. The predicted molar refractivity (Wildman–Crippen MR) is 62.6 cm³/mol. The van der Waals surface area contributed by atoms with E-state index < -0.39 is 18.7 Å². The lowest BCUT2D eigenvalue weighted by Gasteiger charge is -2.25. The highest BCUT2D eigenvalue weighted by Crippen LogP contribution is 2.34. The van der Waals surface area contributed by atoms with E-state index in [9.17, 15) is 18.0 Å². The monoisotopic (exact) mass is 294 g/mol. The predicted octanol–water partition coefficient (Wildman–Crippen LogP) is 2.96. The molecule has 1 aromatic heterocycles. The number of carboxylic acids is 1. The van der Waals surface area contributed by atoms with Gasteiger partial charge in [0.1, 0.15) is 12.4 Å². The van der Waals surface area contributed by atoms with Gasteiger partial charge in [0.15, 0.2) is 0 Å². The van der Waals surface area contributed by atoms with Crippen LogP contribution in [0, 0.1) is 0 Å². The van der Waals surface area contributed by atoms with Crippen LogP contribution in [0.3, 0.4) is 0 Å². The number of halogens is 4. The Morgan fingerprint density at radius 1 is 1.53 bits per heavy atom. The maximum absolute atomic E-state index is 12.5. The molecule has 1 N–H and O–H groups in total. The van der Waals surface area contributed by atoms with E-state index in [0.29, 0.717) is 12.8 Å². The van der Waals surface area contributed by atoms with Crippen LogP contribution in [0.4, 0.5) is 19.0 Å². The quantitative estimate of drug-likeness (QED) is 0.927. The highest BCUT2D eigenvalue weighted by Gasteiger charge is 2.39. The molecule has 19 heavy (non-hydrogen) atoms. The molecule has 0 saturated heterocycles. The lowest BCUT2D eigenvalue weighted by atomic mass is 10.2. The first-order valence-electron chi connectivity index (χ1n) is 5.50. The summed E-state index contributed by atoms with van der Waals surface area (Å²) in [5.41, 5.74) is -0.250. The van der Waals surface area contributed by atoms with Crippen molar-refractivity contribution >= 4 is 23.4 Å². The van der Waals surface area contributed by atoms with Gasteiger partial charge in [-0.05, 0) is 18.9 Å². The van der Waals surface area contributed by atoms with Gasteiger partial charge in [-0.2, -0.15) is 13.2 Å². The molecule has 0 bridgehead atoms. The van der Waals surface area contributed by atoms with Crippen LogP contribution >= 0.6 is 11.6 Å². The van der Waals surface area contributed by atoms with Gasteiger partial charge in [0.25, 0.3) is 0 Å². The Morgan fingerprint density at radius 3 is 2.63 bits per heavy atom. The fourth-order valence-electron chi connectivity index (χ4n) is 1.73. The topological polar surface area (TPSA) is 53.4 Å². The van der Waals surface area contributed by atoms with Crippen LogP contribution in [0.1, 0.15) is 23.2 Å². The van der Waals surface area contributed by atoms with Crippen molar-refractivity contribution in [2.45, 2.75) is 25.1 Å². The Bertz CT molecular complexity index is 503. The molecule has 1 aliphatic rings. The minimum atomic E-state index is -4.37. The second kappa shape index (κ2) is 4.88. The molecule has 104 valence electrons. The summed E-state index contributed by atoms with van der Waals surface area (Å²) in [6.07, 6.45) is -2.02. The van der Waals surface area contributed by atoms with Gasteiger partial charge < -0.3 is 10.0 Å². The minimum Gasteiger partial charge on any atom is -0.478 e. The number of hydrogen-bond acceptors (Lipinski definition) is 3. The van der Waals surface area contributed by atoms with Crippen molar-refractivity contribution < 1.29 is 23.1 Å². The molecule has 2 rings (SSSR count). The number of aromatic nitrogens is 1. The molecule has 1 aliphatic carbocycles. The molecule has 1 heterocycles. The zero-order valence-electron chi connectivity index (χ0n) is 9.62. The highest BCUT2D eigenvalue weighted by atomic mass is 35.5. The van der Waals surface area contributed by atoms with E-state index in [0.717, 1.165) is 17.2 Å². The van der Waals surface area contributed by atoms with Gasteiger partial charge in [-0.1, -0.05) is 11.6 Å². The summed E-state index contributed by atoms with van der Waals surface area (Å²) in [6.45, 7) is -1.15. The van der Waals surface area contributed by atoms with Crippen molar-refractivity contribution in [3.8, 4) is 0 Å². The smallest absolute Gasteiger partial charge is 0.405 e. The van der Waals surface area contributed by atoms with Crippen molar-refractivity contribution in [2.75, 3.05) is 11.4 Å². The Hall–Kier alpha value is -1.50. The molecule has 1 aromatic rings.